The first-order valence-electron chi connectivity index (χ1n) is 5.94. The summed E-state index contributed by atoms with van der Waals surface area (Å²) in [4.78, 5) is 11.5. The Bertz CT molecular complexity index is 638. The molecule has 0 fully saturated rings. The topological polar surface area (TPSA) is 70.1 Å². The predicted octanol–water partition coefficient (Wildman–Crippen LogP) is 2.23. The second-order valence-corrected chi connectivity index (χ2v) is 4.33. The van der Waals surface area contributed by atoms with Crippen molar-refractivity contribution >= 4 is 11.7 Å². The molecule has 0 unspecified atom stereocenters. The van der Waals surface area contributed by atoms with Gasteiger partial charge in [0.05, 0.1) is 17.4 Å². The fourth-order valence-electron chi connectivity index (χ4n) is 1.65. The first-order valence-corrected chi connectivity index (χ1v) is 5.94. The average molecular weight is 299 g/mol. The van der Waals surface area contributed by atoms with Crippen LogP contribution in [0.3, 0.4) is 0 Å². The number of halogens is 3. The molecule has 0 bridgehead atoms. The van der Waals surface area contributed by atoms with Crippen molar-refractivity contribution in [2.45, 2.75) is 19.3 Å². The van der Waals surface area contributed by atoms with Gasteiger partial charge in [0.1, 0.15) is 13.2 Å². The highest BCUT2D eigenvalue weighted by atomic mass is 19.4. The molecule has 1 heterocycles. The van der Waals surface area contributed by atoms with E-state index in [9.17, 15) is 18.0 Å². The van der Waals surface area contributed by atoms with Crippen molar-refractivity contribution in [3.05, 3.63) is 47.8 Å². The number of anilines is 1. The van der Waals surface area contributed by atoms with Crippen LogP contribution >= 0.6 is 0 Å². The number of carbonyl (C=O) groups is 1. The SMILES string of the molecule is Nc1cnn(CC(=O)OCc2cccc(C(F)(F)F)c2)c1. The lowest BCUT2D eigenvalue weighted by Gasteiger charge is -2.09. The van der Waals surface area contributed by atoms with E-state index < -0.39 is 17.7 Å². The minimum absolute atomic E-state index is 0.157. The zero-order valence-electron chi connectivity index (χ0n) is 10.8. The van der Waals surface area contributed by atoms with E-state index in [0.29, 0.717) is 5.69 Å². The minimum Gasteiger partial charge on any atom is -0.459 e. The zero-order valence-corrected chi connectivity index (χ0v) is 10.8. The van der Waals surface area contributed by atoms with Crippen LogP contribution in [0.2, 0.25) is 0 Å². The number of nitrogen functional groups attached to an aromatic ring is 1. The molecule has 2 aromatic rings. The van der Waals surface area contributed by atoms with Gasteiger partial charge in [-0.15, -0.1) is 0 Å². The van der Waals surface area contributed by atoms with Gasteiger partial charge in [0.15, 0.2) is 0 Å². The Labute approximate surface area is 118 Å². The van der Waals surface area contributed by atoms with E-state index in [1.165, 1.54) is 29.2 Å². The second-order valence-electron chi connectivity index (χ2n) is 4.33. The van der Waals surface area contributed by atoms with Crippen LogP contribution in [-0.4, -0.2) is 15.7 Å². The monoisotopic (exact) mass is 299 g/mol. The highest BCUT2D eigenvalue weighted by Crippen LogP contribution is 2.29. The predicted molar refractivity (Wildman–Crippen MR) is 67.9 cm³/mol. The molecule has 21 heavy (non-hydrogen) atoms. The number of alkyl halides is 3. The van der Waals surface area contributed by atoms with E-state index in [1.807, 2.05) is 0 Å². The molecule has 0 saturated carbocycles. The first-order chi connectivity index (χ1) is 9.84. The number of esters is 1. The number of rotatable bonds is 4. The molecule has 0 aliphatic carbocycles. The maximum Gasteiger partial charge on any atom is 0.416 e. The van der Waals surface area contributed by atoms with Crippen molar-refractivity contribution in [2.75, 3.05) is 5.73 Å². The quantitative estimate of drug-likeness (QED) is 0.879. The zero-order chi connectivity index (χ0) is 15.5. The highest BCUT2D eigenvalue weighted by Gasteiger charge is 2.30. The molecule has 8 heteroatoms. The van der Waals surface area contributed by atoms with Gasteiger partial charge < -0.3 is 10.5 Å². The maximum atomic E-state index is 12.5. The summed E-state index contributed by atoms with van der Waals surface area (Å²) in [5.41, 5.74) is 5.32. The van der Waals surface area contributed by atoms with Crippen LogP contribution in [0.1, 0.15) is 11.1 Å². The van der Waals surface area contributed by atoms with Gasteiger partial charge in [-0.1, -0.05) is 12.1 Å². The maximum absolute atomic E-state index is 12.5. The van der Waals surface area contributed by atoms with Gasteiger partial charge in [-0.25, -0.2) is 0 Å². The Hall–Kier alpha value is -2.51. The number of hydrogen-bond acceptors (Lipinski definition) is 4. The van der Waals surface area contributed by atoms with Crippen LogP contribution in [0.5, 0.6) is 0 Å². The summed E-state index contributed by atoms with van der Waals surface area (Å²) in [6.45, 7) is -0.393. The molecule has 2 rings (SSSR count). The van der Waals surface area contributed by atoms with Crippen LogP contribution in [-0.2, 0) is 28.9 Å². The third kappa shape index (κ3) is 4.23. The molecule has 1 aromatic carbocycles. The molecule has 0 spiro atoms. The third-order valence-electron chi connectivity index (χ3n) is 2.60. The second kappa shape index (κ2) is 5.86. The highest BCUT2D eigenvalue weighted by molar-refractivity contribution is 5.69. The van der Waals surface area contributed by atoms with Gasteiger partial charge in [0.2, 0.25) is 0 Å². The first kappa shape index (κ1) is 14.9. The Morgan fingerprint density at radius 3 is 2.76 bits per heavy atom. The summed E-state index contributed by atoms with van der Waals surface area (Å²) in [7, 11) is 0. The summed E-state index contributed by atoms with van der Waals surface area (Å²) in [6, 6.07) is 4.62. The lowest BCUT2D eigenvalue weighted by Crippen LogP contribution is -2.14. The van der Waals surface area contributed by atoms with Gasteiger partial charge >= 0.3 is 12.1 Å². The fraction of sp³-hybridized carbons (Fsp3) is 0.231. The van der Waals surface area contributed by atoms with Gasteiger partial charge in [0, 0.05) is 6.20 Å². The number of ether oxygens (including phenoxy) is 1. The van der Waals surface area contributed by atoms with Crippen molar-refractivity contribution < 1.29 is 22.7 Å². The Kier molecular flexibility index (Phi) is 4.15. The normalized spacial score (nSPS) is 11.4. The van der Waals surface area contributed by atoms with Gasteiger partial charge in [-0.3, -0.25) is 9.48 Å². The summed E-state index contributed by atoms with van der Waals surface area (Å²) in [5, 5.41) is 3.80. The van der Waals surface area contributed by atoms with E-state index in [2.05, 4.69) is 5.10 Å². The fourth-order valence-corrected chi connectivity index (χ4v) is 1.65. The smallest absolute Gasteiger partial charge is 0.416 e. The number of nitrogens with zero attached hydrogens (tertiary/aromatic N) is 2. The Morgan fingerprint density at radius 2 is 2.14 bits per heavy atom. The standard InChI is InChI=1S/C13H12F3N3O2/c14-13(15,16)10-3-1-2-9(4-10)8-21-12(20)7-19-6-11(17)5-18-19/h1-6H,7-8,17H2. The Morgan fingerprint density at radius 1 is 1.38 bits per heavy atom. The van der Waals surface area contributed by atoms with E-state index in [-0.39, 0.29) is 18.7 Å². The lowest BCUT2D eigenvalue weighted by atomic mass is 10.1. The number of nitrogens with two attached hydrogens (primary N) is 1. The number of hydrogen-bond donors (Lipinski definition) is 1. The molecule has 0 aliphatic heterocycles. The lowest BCUT2D eigenvalue weighted by molar-refractivity contribution is -0.145. The van der Waals surface area contributed by atoms with Crippen LogP contribution in [0, 0.1) is 0 Å². The van der Waals surface area contributed by atoms with Gasteiger partial charge in [-0.2, -0.15) is 18.3 Å². The molecule has 112 valence electrons. The van der Waals surface area contributed by atoms with Crippen molar-refractivity contribution in [2.24, 2.45) is 0 Å². The van der Waals surface area contributed by atoms with Gasteiger partial charge in [-0.05, 0) is 17.7 Å². The van der Waals surface area contributed by atoms with Crippen LogP contribution in [0.25, 0.3) is 0 Å². The van der Waals surface area contributed by atoms with Crippen molar-refractivity contribution in [3.8, 4) is 0 Å². The van der Waals surface area contributed by atoms with Gasteiger partial charge in [0.25, 0.3) is 0 Å². The largest absolute Gasteiger partial charge is 0.459 e. The number of benzene rings is 1. The van der Waals surface area contributed by atoms with E-state index in [0.717, 1.165) is 12.1 Å². The van der Waals surface area contributed by atoms with E-state index in [4.69, 9.17) is 10.5 Å². The molecule has 5 nitrogen and oxygen atoms in total. The molecule has 0 amide bonds. The molecular weight excluding hydrogens is 287 g/mol. The molecule has 0 saturated heterocycles. The van der Waals surface area contributed by atoms with Crippen molar-refractivity contribution in [3.63, 3.8) is 0 Å². The molecule has 0 radical (unpaired) electrons. The van der Waals surface area contributed by atoms with Crippen LogP contribution in [0.15, 0.2) is 36.7 Å². The summed E-state index contributed by atoms with van der Waals surface area (Å²) in [5.74, 6) is -0.615. The molecule has 0 atom stereocenters. The molecule has 2 N–H and O–H groups in total. The number of carbonyl (C=O) groups excluding carboxylic acids is 1. The summed E-state index contributed by atoms with van der Waals surface area (Å²) >= 11 is 0. The van der Waals surface area contributed by atoms with Crippen LogP contribution < -0.4 is 5.73 Å². The molecule has 0 aliphatic rings. The van der Waals surface area contributed by atoms with E-state index >= 15 is 0 Å². The average Bonchev–Trinajstić information content (AvgIpc) is 2.81. The molecule has 1 aromatic heterocycles. The van der Waals surface area contributed by atoms with Crippen LogP contribution in [0.4, 0.5) is 18.9 Å². The van der Waals surface area contributed by atoms with Crippen molar-refractivity contribution in [1.82, 2.24) is 9.78 Å². The summed E-state index contributed by atoms with van der Waals surface area (Å²) < 4.78 is 43.8. The molecular formula is C13H12F3N3O2. The summed E-state index contributed by atoms with van der Waals surface area (Å²) in [6.07, 6.45) is -1.60. The third-order valence-corrected chi connectivity index (χ3v) is 2.60. The minimum atomic E-state index is -4.42. The van der Waals surface area contributed by atoms with Crippen molar-refractivity contribution in [1.29, 1.82) is 0 Å². The van der Waals surface area contributed by atoms with E-state index in [1.54, 1.807) is 0 Å². The Balaban J connectivity index is 1.92. The number of aromatic nitrogens is 2.